The molecule has 15 nitrogen and oxygen atoms in total. The van der Waals surface area contributed by atoms with Crippen LogP contribution in [0.4, 0.5) is 11.4 Å². The second-order valence-corrected chi connectivity index (χ2v) is 19.3. The number of amides is 5. The Hall–Kier alpha value is -6.16. The lowest BCUT2D eigenvalue weighted by molar-refractivity contribution is -0.136. The number of H-pyrrole nitrogens is 1. The molecule has 15 heteroatoms. The van der Waals surface area contributed by atoms with Gasteiger partial charge in [-0.25, -0.2) is 0 Å². The topological polar surface area (TPSA) is 168 Å². The van der Waals surface area contributed by atoms with Crippen molar-refractivity contribution in [2.24, 2.45) is 5.92 Å². The molecular formula is C53H64N8O7. The van der Waals surface area contributed by atoms with Crippen LogP contribution < -0.4 is 26.0 Å². The quantitative estimate of drug-likeness (QED) is 0.148. The summed E-state index contributed by atoms with van der Waals surface area (Å²) in [6.45, 7) is 17.8. The molecule has 0 bridgehead atoms. The standard InChI is InChI=1S/C53H64N8O7/c1-5-60(40-16-24-68-25-17-40)47-28-39(27-43(35(47)4)49(63)54-30-45-33(2)26-34(3)55-50(45)64)38-8-6-36(7-9-38)31-57-18-14-37(15-19-57)32-58-20-22-59(23-21-58)41-10-11-42-44(29-41)53(67)61(52(42)66)46-12-13-48(62)56-51(46)65/h6-11,26-29,37,40,46H,5,12-25,30-32H2,1-4H3,(H,54,63)(H,55,64)(H,56,62,65). The van der Waals surface area contributed by atoms with Crippen LogP contribution in [0, 0.1) is 26.7 Å². The van der Waals surface area contributed by atoms with Gasteiger partial charge < -0.3 is 24.8 Å². The summed E-state index contributed by atoms with van der Waals surface area (Å²) in [6, 6.07) is 19.6. The highest BCUT2D eigenvalue weighted by Crippen LogP contribution is 2.35. The Kier molecular flexibility index (Phi) is 13.9. The van der Waals surface area contributed by atoms with E-state index in [-0.39, 0.29) is 36.8 Å². The highest BCUT2D eigenvalue weighted by Gasteiger charge is 2.45. The molecule has 3 N–H and O–H groups in total. The van der Waals surface area contributed by atoms with Gasteiger partial charge in [-0.1, -0.05) is 24.3 Å². The number of likely N-dealkylation sites (tertiary alicyclic amines) is 1. The number of carbonyl (C=O) groups is 5. The van der Waals surface area contributed by atoms with Crippen LogP contribution in [-0.4, -0.2) is 127 Å². The number of rotatable bonds is 13. The molecule has 358 valence electrons. The Labute approximate surface area is 398 Å². The number of anilines is 2. The number of nitrogens with one attached hydrogen (secondary N) is 3. The number of nitrogens with zero attached hydrogens (tertiary/aromatic N) is 5. The van der Waals surface area contributed by atoms with Crippen LogP contribution in [0.2, 0.25) is 0 Å². The summed E-state index contributed by atoms with van der Waals surface area (Å²) >= 11 is 0. The van der Waals surface area contributed by atoms with Gasteiger partial charge in [0.2, 0.25) is 11.8 Å². The Morgan fingerprint density at radius 1 is 0.779 bits per heavy atom. The zero-order valence-corrected chi connectivity index (χ0v) is 39.8. The van der Waals surface area contributed by atoms with Crippen LogP contribution in [-0.2, 0) is 27.4 Å². The number of aryl methyl sites for hydroxylation is 2. The van der Waals surface area contributed by atoms with Crippen LogP contribution >= 0.6 is 0 Å². The number of imide groups is 2. The van der Waals surface area contributed by atoms with E-state index in [1.54, 1.807) is 12.1 Å². The van der Waals surface area contributed by atoms with Crippen molar-refractivity contribution in [3.8, 4) is 11.1 Å². The molecule has 4 fully saturated rings. The second kappa shape index (κ2) is 20.2. The number of ether oxygens (including phenoxy) is 1. The van der Waals surface area contributed by atoms with E-state index in [0.29, 0.717) is 34.2 Å². The minimum Gasteiger partial charge on any atom is -0.381 e. The van der Waals surface area contributed by atoms with Gasteiger partial charge in [0.25, 0.3) is 23.3 Å². The molecule has 5 aliphatic rings. The van der Waals surface area contributed by atoms with E-state index >= 15 is 0 Å². The van der Waals surface area contributed by atoms with E-state index in [1.807, 2.05) is 39.0 Å². The van der Waals surface area contributed by atoms with Crippen molar-refractivity contribution in [1.29, 1.82) is 0 Å². The van der Waals surface area contributed by atoms with Crippen molar-refractivity contribution < 1.29 is 28.7 Å². The lowest BCUT2D eigenvalue weighted by Gasteiger charge is -2.39. The van der Waals surface area contributed by atoms with Crippen LogP contribution in [0.3, 0.4) is 0 Å². The molecule has 1 atom stereocenters. The summed E-state index contributed by atoms with van der Waals surface area (Å²) in [7, 11) is 0. The summed E-state index contributed by atoms with van der Waals surface area (Å²) < 4.78 is 5.71. The molecular weight excluding hydrogens is 861 g/mol. The van der Waals surface area contributed by atoms with Crippen molar-refractivity contribution in [3.05, 3.63) is 116 Å². The van der Waals surface area contributed by atoms with E-state index < -0.39 is 23.8 Å². The summed E-state index contributed by atoms with van der Waals surface area (Å²) in [5.74, 6) is -1.54. The number of piperidine rings is 2. The predicted octanol–water partition coefficient (Wildman–Crippen LogP) is 5.34. The SMILES string of the molecule is CCN(c1cc(-c2ccc(CN3CCC(CN4CCN(c5ccc6c(c5)C(=O)N(C5CCC(=O)NC5=O)C6=O)CC4)CC3)cc2)cc(C(=O)NCc2c(C)cc(C)[nH]c2=O)c1C)C1CCOCC1. The number of hydrogen-bond donors (Lipinski definition) is 3. The summed E-state index contributed by atoms with van der Waals surface area (Å²) in [5, 5.41) is 5.32. The number of carbonyl (C=O) groups excluding carboxylic acids is 5. The van der Waals surface area contributed by atoms with Crippen molar-refractivity contribution in [2.75, 3.05) is 75.4 Å². The van der Waals surface area contributed by atoms with E-state index in [1.165, 1.54) is 5.56 Å². The van der Waals surface area contributed by atoms with Gasteiger partial charge in [-0.15, -0.1) is 0 Å². The molecule has 6 heterocycles. The zero-order chi connectivity index (χ0) is 47.6. The number of piperazine rings is 1. The fourth-order valence-corrected chi connectivity index (χ4v) is 11.0. The van der Waals surface area contributed by atoms with Crippen LogP contribution in [0.1, 0.15) is 104 Å². The lowest BCUT2D eigenvalue weighted by atomic mass is 9.94. The van der Waals surface area contributed by atoms with E-state index in [2.05, 4.69) is 72.5 Å². The van der Waals surface area contributed by atoms with Crippen molar-refractivity contribution in [2.45, 2.75) is 91.4 Å². The van der Waals surface area contributed by atoms with E-state index in [4.69, 9.17) is 4.74 Å². The first-order chi connectivity index (χ1) is 32.8. The number of aromatic nitrogens is 1. The van der Waals surface area contributed by atoms with Crippen LogP contribution in [0.25, 0.3) is 11.1 Å². The van der Waals surface area contributed by atoms with Crippen LogP contribution in [0.15, 0.2) is 65.5 Å². The van der Waals surface area contributed by atoms with Gasteiger partial charge in [0, 0.05) is 106 Å². The number of benzene rings is 3. The van der Waals surface area contributed by atoms with Crippen molar-refractivity contribution in [1.82, 2.24) is 30.3 Å². The van der Waals surface area contributed by atoms with E-state index in [9.17, 15) is 28.8 Å². The molecule has 1 aromatic heterocycles. The predicted molar refractivity (Wildman–Crippen MR) is 261 cm³/mol. The lowest BCUT2D eigenvalue weighted by Crippen LogP contribution is -2.54. The molecule has 9 rings (SSSR count). The Morgan fingerprint density at radius 2 is 1.50 bits per heavy atom. The third kappa shape index (κ3) is 9.88. The minimum atomic E-state index is -0.973. The molecule has 0 saturated carbocycles. The molecule has 3 aromatic carbocycles. The Morgan fingerprint density at radius 3 is 2.19 bits per heavy atom. The highest BCUT2D eigenvalue weighted by atomic mass is 16.5. The second-order valence-electron chi connectivity index (χ2n) is 19.3. The van der Waals surface area contributed by atoms with Crippen molar-refractivity contribution >= 4 is 40.9 Å². The molecule has 4 aromatic rings. The van der Waals surface area contributed by atoms with Gasteiger partial charge in [0.05, 0.1) is 11.1 Å². The third-order valence-electron chi connectivity index (χ3n) is 14.9. The molecule has 0 radical (unpaired) electrons. The third-order valence-corrected chi connectivity index (χ3v) is 14.9. The number of pyridine rings is 1. The number of fused-ring (bicyclic) bond motifs is 1. The largest absolute Gasteiger partial charge is 0.381 e. The molecule has 4 saturated heterocycles. The molecule has 68 heavy (non-hydrogen) atoms. The van der Waals surface area contributed by atoms with Gasteiger partial charge in [-0.2, -0.15) is 0 Å². The van der Waals surface area contributed by atoms with Gasteiger partial charge >= 0.3 is 0 Å². The Balaban J connectivity index is 0.792. The average molecular weight is 925 g/mol. The molecule has 1 unspecified atom stereocenters. The summed E-state index contributed by atoms with van der Waals surface area (Å²) in [5.41, 5.74) is 9.40. The minimum absolute atomic E-state index is 0.0928. The maximum absolute atomic E-state index is 14.0. The fraction of sp³-hybridized carbons (Fsp3) is 0.472. The summed E-state index contributed by atoms with van der Waals surface area (Å²) in [4.78, 5) is 91.3. The maximum Gasteiger partial charge on any atom is 0.262 e. The first-order valence-corrected chi connectivity index (χ1v) is 24.5. The average Bonchev–Trinajstić information content (AvgIpc) is 3.58. The van der Waals surface area contributed by atoms with Gasteiger partial charge in [-0.05, 0) is 143 Å². The highest BCUT2D eigenvalue weighted by molar-refractivity contribution is 6.23. The molecule has 0 aliphatic carbocycles. The van der Waals surface area contributed by atoms with Gasteiger partial charge in [0.15, 0.2) is 0 Å². The molecule has 5 aliphatic heterocycles. The van der Waals surface area contributed by atoms with E-state index in [0.717, 1.165) is 142 Å². The van der Waals surface area contributed by atoms with Gasteiger partial charge in [-0.3, -0.25) is 48.8 Å². The smallest absolute Gasteiger partial charge is 0.262 e. The normalized spacial score (nSPS) is 19.9. The molecule has 0 spiro atoms. The fourth-order valence-electron chi connectivity index (χ4n) is 11.0. The first-order valence-electron chi connectivity index (χ1n) is 24.5. The molecule has 5 amide bonds. The van der Waals surface area contributed by atoms with Crippen molar-refractivity contribution in [3.63, 3.8) is 0 Å². The zero-order valence-electron chi connectivity index (χ0n) is 39.8. The first kappa shape index (κ1) is 46.9. The monoisotopic (exact) mass is 924 g/mol. The summed E-state index contributed by atoms with van der Waals surface area (Å²) in [6.07, 6.45) is 4.37. The number of aromatic amines is 1. The maximum atomic E-state index is 14.0. The Bertz CT molecular complexity index is 2640. The number of hydrogen-bond acceptors (Lipinski definition) is 11. The van der Waals surface area contributed by atoms with Crippen LogP contribution in [0.5, 0.6) is 0 Å². The van der Waals surface area contributed by atoms with Gasteiger partial charge in [0.1, 0.15) is 6.04 Å².